The molecule has 0 amide bonds. The molecule has 0 bridgehead atoms. The number of rotatable bonds is 2. The zero-order valence-electron chi connectivity index (χ0n) is 8.16. The molecule has 5 heteroatoms. The number of carbonyl (C=O) groups is 1. The molecule has 0 aliphatic heterocycles. The number of hydrogen-bond donors (Lipinski definition) is 2. The zero-order valence-corrected chi connectivity index (χ0v) is 8.16. The van der Waals surface area contributed by atoms with Gasteiger partial charge < -0.3 is 16.2 Å². The summed E-state index contributed by atoms with van der Waals surface area (Å²) in [6.07, 6.45) is 2.49. The number of esters is 1. The Kier molecular flexibility index (Phi) is 3.28. The standard InChI is InChI=1S/C10H11FN2O2/c1-15-9(14)3-2-6-4-7(11)5-8(12)10(6)13/h2-5H,12-13H2,1H3. The number of hydrogen-bond acceptors (Lipinski definition) is 4. The van der Waals surface area contributed by atoms with E-state index in [9.17, 15) is 9.18 Å². The number of carbonyl (C=O) groups excluding carboxylic acids is 1. The third kappa shape index (κ3) is 2.70. The van der Waals surface area contributed by atoms with Crippen LogP contribution in [0.25, 0.3) is 6.08 Å². The Hall–Kier alpha value is -2.04. The summed E-state index contributed by atoms with van der Waals surface area (Å²) < 4.78 is 17.3. The van der Waals surface area contributed by atoms with Crippen LogP contribution < -0.4 is 11.5 Å². The van der Waals surface area contributed by atoms with Crippen LogP contribution in [0.5, 0.6) is 0 Å². The van der Waals surface area contributed by atoms with E-state index in [0.717, 1.165) is 12.1 Å². The van der Waals surface area contributed by atoms with E-state index in [1.54, 1.807) is 0 Å². The molecule has 80 valence electrons. The van der Waals surface area contributed by atoms with Crippen molar-refractivity contribution in [2.75, 3.05) is 18.6 Å². The molecule has 15 heavy (non-hydrogen) atoms. The molecule has 0 aliphatic rings. The van der Waals surface area contributed by atoms with Crippen molar-refractivity contribution >= 4 is 23.4 Å². The summed E-state index contributed by atoms with van der Waals surface area (Å²) in [7, 11) is 1.25. The first-order valence-electron chi connectivity index (χ1n) is 4.15. The van der Waals surface area contributed by atoms with Crippen molar-refractivity contribution in [1.29, 1.82) is 0 Å². The van der Waals surface area contributed by atoms with Gasteiger partial charge in [-0.25, -0.2) is 9.18 Å². The summed E-state index contributed by atoms with van der Waals surface area (Å²) >= 11 is 0. The summed E-state index contributed by atoms with van der Waals surface area (Å²) in [5.41, 5.74) is 11.7. The average Bonchev–Trinajstić information content (AvgIpc) is 2.20. The fourth-order valence-electron chi connectivity index (χ4n) is 1.02. The highest BCUT2D eigenvalue weighted by Gasteiger charge is 2.03. The number of methoxy groups -OCH3 is 1. The highest BCUT2D eigenvalue weighted by Crippen LogP contribution is 2.22. The van der Waals surface area contributed by atoms with E-state index in [0.29, 0.717) is 5.56 Å². The van der Waals surface area contributed by atoms with Gasteiger partial charge in [0.15, 0.2) is 0 Å². The van der Waals surface area contributed by atoms with Crippen LogP contribution in [-0.4, -0.2) is 13.1 Å². The number of halogens is 1. The van der Waals surface area contributed by atoms with Crippen molar-refractivity contribution in [3.8, 4) is 0 Å². The lowest BCUT2D eigenvalue weighted by Gasteiger charge is -2.04. The van der Waals surface area contributed by atoms with E-state index in [2.05, 4.69) is 4.74 Å². The first-order valence-corrected chi connectivity index (χ1v) is 4.15. The molecular weight excluding hydrogens is 199 g/mol. The SMILES string of the molecule is COC(=O)C=Cc1cc(F)cc(N)c1N. The van der Waals surface area contributed by atoms with Crippen molar-refractivity contribution in [3.63, 3.8) is 0 Å². The Balaban J connectivity index is 3.04. The van der Waals surface area contributed by atoms with Crippen LogP contribution in [0.1, 0.15) is 5.56 Å². The lowest BCUT2D eigenvalue weighted by atomic mass is 10.1. The van der Waals surface area contributed by atoms with Gasteiger partial charge in [0.2, 0.25) is 0 Å². The maximum Gasteiger partial charge on any atom is 0.330 e. The molecule has 0 atom stereocenters. The second-order valence-electron chi connectivity index (χ2n) is 2.85. The van der Waals surface area contributed by atoms with E-state index in [1.807, 2.05) is 0 Å². The van der Waals surface area contributed by atoms with Crippen molar-refractivity contribution in [2.24, 2.45) is 0 Å². The lowest BCUT2D eigenvalue weighted by Crippen LogP contribution is -1.99. The molecule has 1 aromatic carbocycles. The molecule has 0 fully saturated rings. The van der Waals surface area contributed by atoms with Crippen LogP contribution in [0.3, 0.4) is 0 Å². The number of ether oxygens (including phenoxy) is 1. The summed E-state index contributed by atoms with van der Waals surface area (Å²) in [6, 6.07) is 2.30. The maximum atomic E-state index is 12.9. The van der Waals surface area contributed by atoms with Gasteiger partial charge in [0, 0.05) is 11.6 Å². The Morgan fingerprint density at radius 3 is 2.73 bits per heavy atom. The van der Waals surface area contributed by atoms with Crippen molar-refractivity contribution in [3.05, 3.63) is 29.6 Å². The highest BCUT2D eigenvalue weighted by molar-refractivity contribution is 5.89. The quantitative estimate of drug-likeness (QED) is 0.436. The van der Waals surface area contributed by atoms with Gasteiger partial charge in [-0.3, -0.25) is 0 Å². The topological polar surface area (TPSA) is 78.3 Å². The summed E-state index contributed by atoms with van der Waals surface area (Å²) in [4.78, 5) is 10.8. The van der Waals surface area contributed by atoms with Gasteiger partial charge in [-0.15, -0.1) is 0 Å². The first kappa shape index (κ1) is 11.0. The second-order valence-corrected chi connectivity index (χ2v) is 2.85. The Morgan fingerprint density at radius 1 is 1.47 bits per heavy atom. The fraction of sp³-hybridized carbons (Fsp3) is 0.100. The summed E-state index contributed by atoms with van der Waals surface area (Å²) in [5, 5.41) is 0. The van der Waals surface area contributed by atoms with Crippen LogP contribution >= 0.6 is 0 Å². The highest BCUT2D eigenvalue weighted by atomic mass is 19.1. The third-order valence-corrected chi connectivity index (χ3v) is 1.81. The Bertz CT molecular complexity index is 416. The van der Waals surface area contributed by atoms with Gasteiger partial charge in [0.1, 0.15) is 5.82 Å². The van der Waals surface area contributed by atoms with E-state index in [1.165, 1.54) is 19.3 Å². The van der Waals surface area contributed by atoms with E-state index in [4.69, 9.17) is 11.5 Å². The molecule has 0 saturated carbocycles. The smallest absolute Gasteiger partial charge is 0.330 e. The van der Waals surface area contributed by atoms with E-state index >= 15 is 0 Å². The molecule has 0 aromatic heterocycles. The minimum Gasteiger partial charge on any atom is -0.466 e. The average molecular weight is 210 g/mol. The van der Waals surface area contributed by atoms with E-state index in [-0.39, 0.29) is 11.4 Å². The number of nitrogen functional groups attached to an aromatic ring is 2. The van der Waals surface area contributed by atoms with Crippen LogP contribution in [0.2, 0.25) is 0 Å². The lowest BCUT2D eigenvalue weighted by molar-refractivity contribution is -0.134. The van der Waals surface area contributed by atoms with Gasteiger partial charge in [-0.2, -0.15) is 0 Å². The predicted octanol–water partition coefficient (Wildman–Crippen LogP) is 1.18. The van der Waals surface area contributed by atoms with Gasteiger partial charge in [0.25, 0.3) is 0 Å². The number of benzene rings is 1. The van der Waals surface area contributed by atoms with Crippen molar-refractivity contribution in [1.82, 2.24) is 0 Å². The molecule has 4 nitrogen and oxygen atoms in total. The van der Waals surface area contributed by atoms with Crippen LogP contribution in [0.15, 0.2) is 18.2 Å². The third-order valence-electron chi connectivity index (χ3n) is 1.81. The Morgan fingerprint density at radius 2 is 2.13 bits per heavy atom. The van der Waals surface area contributed by atoms with Crippen molar-refractivity contribution < 1.29 is 13.9 Å². The maximum absolute atomic E-state index is 12.9. The molecule has 0 unspecified atom stereocenters. The van der Waals surface area contributed by atoms with Crippen LogP contribution in [-0.2, 0) is 9.53 Å². The Labute approximate surface area is 86.3 Å². The molecule has 0 aliphatic carbocycles. The number of nitrogens with two attached hydrogens (primary N) is 2. The van der Waals surface area contributed by atoms with Crippen LogP contribution in [0, 0.1) is 5.82 Å². The normalized spacial score (nSPS) is 10.5. The van der Waals surface area contributed by atoms with Gasteiger partial charge >= 0.3 is 5.97 Å². The fourth-order valence-corrected chi connectivity index (χ4v) is 1.02. The molecule has 0 radical (unpaired) electrons. The summed E-state index contributed by atoms with van der Waals surface area (Å²) in [5.74, 6) is -1.05. The zero-order chi connectivity index (χ0) is 11.4. The minimum atomic E-state index is -0.544. The molecular formula is C10H11FN2O2. The number of anilines is 2. The van der Waals surface area contributed by atoms with Crippen LogP contribution in [0.4, 0.5) is 15.8 Å². The molecule has 1 rings (SSSR count). The monoisotopic (exact) mass is 210 g/mol. The largest absolute Gasteiger partial charge is 0.466 e. The molecule has 0 heterocycles. The minimum absolute atomic E-state index is 0.138. The van der Waals surface area contributed by atoms with Gasteiger partial charge in [0.05, 0.1) is 18.5 Å². The van der Waals surface area contributed by atoms with E-state index < -0.39 is 11.8 Å². The molecule has 4 N–H and O–H groups in total. The van der Waals surface area contributed by atoms with Crippen molar-refractivity contribution in [2.45, 2.75) is 0 Å². The second kappa shape index (κ2) is 4.45. The van der Waals surface area contributed by atoms with Gasteiger partial charge in [-0.1, -0.05) is 0 Å². The predicted molar refractivity (Wildman–Crippen MR) is 56.3 cm³/mol. The molecule has 0 spiro atoms. The summed E-state index contributed by atoms with van der Waals surface area (Å²) in [6.45, 7) is 0. The molecule has 1 aromatic rings. The first-order chi connectivity index (χ1) is 7.04. The van der Waals surface area contributed by atoms with Gasteiger partial charge in [-0.05, 0) is 18.2 Å². The molecule has 0 saturated heterocycles.